The standard InChI is InChI=1S/C25H25ClFN3O3S/c1-25(2,3)16-7-9-17(10-8-16)34(33)29-21-12-11-19(26)18(15-31)23(21)24(32)30(4)14-22-20(27)6-5-13-28-22/h5-13,15,29H,14H2,1-4H3. The van der Waals surface area contributed by atoms with Gasteiger partial charge in [0.2, 0.25) is 0 Å². The van der Waals surface area contributed by atoms with Crippen molar-refractivity contribution in [2.75, 3.05) is 11.8 Å². The van der Waals surface area contributed by atoms with Gasteiger partial charge in [0.1, 0.15) is 16.8 Å². The van der Waals surface area contributed by atoms with Gasteiger partial charge in [-0.1, -0.05) is 44.5 Å². The molecule has 1 unspecified atom stereocenters. The molecule has 0 radical (unpaired) electrons. The number of benzene rings is 2. The van der Waals surface area contributed by atoms with E-state index in [1.165, 1.54) is 42.4 Å². The Morgan fingerprint density at radius 2 is 1.85 bits per heavy atom. The maximum Gasteiger partial charge on any atom is 0.256 e. The summed E-state index contributed by atoms with van der Waals surface area (Å²) >= 11 is 6.17. The molecule has 1 atom stereocenters. The van der Waals surface area contributed by atoms with E-state index in [0.29, 0.717) is 11.2 Å². The van der Waals surface area contributed by atoms with Crippen molar-refractivity contribution in [2.45, 2.75) is 37.6 Å². The van der Waals surface area contributed by atoms with Gasteiger partial charge in [0.25, 0.3) is 5.91 Å². The van der Waals surface area contributed by atoms with Crippen molar-refractivity contribution < 1.29 is 18.2 Å². The van der Waals surface area contributed by atoms with E-state index in [-0.39, 0.29) is 39.5 Å². The molecule has 9 heteroatoms. The van der Waals surface area contributed by atoms with Gasteiger partial charge in [0, 0.05) is 18.8 Å². The number of pyridine rings is 1. The first-order valence-electron chi connectivity index (χ1n) is 10.4. The number of halogens is 2. The molecule has 6 nitrogen and oxygen atoms in total. The van der Waals surface area contributed by atoms with Crippen LogP contribution in [0.2, 0.25) is 5.02 Å². The van der Waals surface area contributed by atoms with Crippen LogP contribution in [-0.4, -0.2) is 33.3 Å². The van der Waals surface area contributed by atoms with Crippen LogP contribution in [0.1, 0.15) is 52.7 Å². The molecular weight excluding hydrogens is 477 g/mol. The Hall–Kier alpha value is -3.10. The summed E-state index contributed by atoms with van der Waals surface area (Å²) < 4.78 is 29.9. The highest BCUT2D eigenvalue weighted by Gasteiger charge is 2.24. The number of hydrogen-bond acceptors (Lipinski definition) is 4. The maximum absolute atomic E-state index is 14.0. The van der Waals surface area contributed by atoms with Gasteiger partial charge in [-0.05, 0) is 47.4 Å². The Bertz CT molecular complexity index is 1240. The summed E-state index contributed by atoms with van der Waals surface area (Å²) in [6.07, 6.45) is 1.89. The van der Waals surface area contributed by atoms with Crippen molar-refractivity contribution in [1.29, 1.82) is 0 Å². The molecule has 0 saturated heterocycles. The summed E-state index contributed by atoms with van der Waals surface area (Å²) in [4.78, 5) is 30.8. The molecule has 1 amide bonds. The summed E-state index contributed by atoms with van der Waals surface area (Å²) in [5, 5.41) is 0.0710. The van der Waals surface area contributed by atoms with E-state index in [2.05, 4.69) is 30.5 Å². The second kappa shape index (κ2) is 10.4. The third-order valence-electron chi connectivity index (χ3n) is 5.23. The molecule has 0 fully saturated rings. The monoisotopic (exact) mass is 501 g/mol. The van der Waals surface area contributed by atoms with Crippen molar-refractivity contribution in [2.24, 2.45) is 0 Å². The lowest BCUT2D eigenvalue weighted by atomic mass is 9.87. The van der Waals surface area contributed by atoms with Gasteiger partial charge in [-0.3, -0.25) is 14.6 Å². The largest absolute Gasteiger partial charge is 0.336 e. The SMILES string of the molecule is CN(Cc1ncccc1F)C(=O)c1c(NS(=O)c2ccc(C(C)(C)C)cc2)ccc(Cl)c1C=O. The van der Waals surface area contributed by atoms with E-state index in [1.54, 1.807) is 12.1 Å². The van der Waals surface area contributed by atoms with Gasteiger partial charge >= 0.3 is 0 Å². The number of hydrogen-bond donors (Lipinski definition) is 1. The molecule has 2 aromatic carbocycles. The smallest absolute Gasteiger partial charge is 0.256 e. The van der Waals surface area contributed by atoms with Crippen LogP contribution in [0.25, 0.3) is 0 Å². The molecule has 3 aromatic rings. The molecule has 3 rings (SSSR count). The molecule has 0 saturated carbocycles. The fourth-order valence-corrected chi connectivity index (χ4v) is 4.36. The molecule has 1 heterocycles. The van der Waals surface area contributed by atoms with Gasteiger partial charge in [-0.25, -0.2) is 8.60 Å². The molecule has 0 spiro atoms. The van der Waals surface area contributed by atoms with E-state index in [9.17, 15) is 18.2 Å². The summed E-state index contributed by atoms with van der Waals surface area (Å²) in [5.74, 6) is -1.15. The Labute approximate surface area is 205 Å². The van der Waals surface area contributed by atoms with Crippen molar-refractivity contribution in [3.05, 3.63) is 88.0 Å². The van der Waals surface area contributed by atoms with E-state index in [1.807, 2.05) is 12.1 Å². The summed E-state index contributed by atoms with van der Waals surface area (Å²) in [6, 6.07) is 12.9. The number of amides is 1. The summed E-state index contributed by atoms with van der Waals surface area (Å²) in [6.45, 7) is 6.11. The Balaban J connectivity index is 1.93. The minimum absolute atomic E-state index is 0.0508. The Morgan fingerprint density at radius 3 is 2.44 bits per heavy atom. The van der Waals surface area contributed by atoms with Crippen LogP contribution < -0.4 is 4.72 Å². The lowest BCUT2D eigenvalue weighted by molar-refractivity contribution is 0.0780. The molecule has 178 valence electrons. The minimum Gasteiger partial charge on any atom is -0.336 e. The molecular formula is C25H25ClFN3O3S. The number of nitrogens with one attached hydrogen (secondary N) is 1. The number of rotatable bonds is 7. The predicted molar refractivity (Wildman–Crippen MR) is 132 cm³/mol. The minimum atomic E-state index is -1.72. The van der Waals surface area contributed by atoms with Crippen LogP contribution in [0.3, 0.4) is 0 Å². The number of carbonyl (C=O) groups excluding carboxylic acids is 2. The second-order valence-electron chi connectivity index (χ2n) is 8.74. The fraction of sp³-hybridized carbons (Fsp3) is 0.240. The number of anilines is 1. The zero-order valence-corrected chi connectivity index (χ0v) is 20.8. The Morgan fingerprint density at radius 1 is 1.18 bits per heavy atom. The zero-order valence-electron chi connectivity index (χ0n) is 19.3. The topological polar surface area (TPSA) is 79.4 Å². The average molecular weight is 502 g/mol. The quantitative estimate of drug-likeness (QED) is 0.440. The average Bonchev–Trinajstić information content (AvgIpc) is 2.80. The van der Waals surface area contributed by atoms with Crippen molar-refractivity contribution in [3.8, 4) is 0 Å². The fourth-order valence-electron chi connectivity index (χ4n) is 3.28. The number of carbonyl (C=O) groups is 2. The van der Waals surface area contributed by atoms with E-state index < -0.39 is 22.7 Å². The molecule has 1 N–H and O–H groups in total. The van der Waals surface area contributed by atoms with Crippen molar-refractivity contribution in [3.63, 3.8) is 0 Å². The first kappa shape index (κ1) is 25.5. The van der Waals surface area contributed by atoms with Gasteiger partial charge in [-0.15, -0.1) is 0 Å². The first-order chi connectivity index (χ1) is 16.0. The molecule has 1 aromatic heterocycles. The van der Waals surface area contributed by atoms with Crippen LogP contribution >= 0.6 is 11.6 Å². The summed E-state index contributed by atoms with van der Waals surface area (Å²) in [7, 11) is -0.264. The highest BCUT2D eigenvalue weighted by molar-refractivity contribution is 7.86. The number of nitrogens with zero attached hydrogens (tertiary/aromatic N) is 2. The lowest BCUT2D eigenvalue weighted by Gasteiger charge is -2.21. The molecule has 0 aliphatic carbocycles. The molecule has 34 heavy (non-hydrogen) atoms. The zero-order chi connectivity index (χ0) is 25.0. The predicted octanol–water partition coefficient (Wildman–Crippen LogP) is 5.39. The first-order valence-corrected chi connectivity index (χ1v) is 12.0. The summed E-state index contributed by atoms with van der Waals surface area (Å²) in [5.41, 5.74) is 1.17. The maximum atomic E-state index is 14.0. The van der Waals surface area contributed by atoms with Crippen LogP contribution in [0, 0.1) is 5.82 Å². The molecule has 0 bridgehead atoms. The normalized spacial score (nSPS) is 12.2. The highest BCUT2D eigenvalue weighted by atomic mass is 35.5. The van der Waals surface area contributed by atoms with E-state index in [4.69, 9.17) is 11.6 Å². The highest BCUT2D eigenvalue weighted by Crippen LogP contribution is 2.29. The number of aldehydes is 1. The van der Waals surface area contributed by atoms with Gasteiger partial charge < -0.3 is 9.62 Å². The van der Waals surface area contributed by atoms with Crippen LogP contribution in [0.5, 0.6) is 0 Å². The van der Waals surface area contributed by atoms with Gasteiger partial charge in [0.05, 0.1) is 33.4 Å². The van der Waals surface area contributed by atoms with Crippen LogP contribution in [0.4, 0.5) is 10.1 Å². The third-order valence-corrected chi connectivity index (χ3v) is 6.66. The van der Waals surface area contributed by atoms with Crippen LogP contribution in [0.15, 0.2) is 59.6 Å². The molecule has 0 aliphatic rings. The number of aromatic nitrogens is 1. The lowest BCUT2D eigenvalue weighted by Crippen LogP contribution is -2.29. The molecule has 0 aliphatic heterocycles. The van der Waals surface area contributed by atoms with Crippen molar-refractivity contribution >= 4 is 40.5 Å². The van der Waals surface area contributed by atoms with Gasteiger partial charge in [-0.2, -0.15) is 0 Å². The van der Waals surface area contributed by atoms with E-state index >= 15 is 0 Å². The Kier molecular flexibility index (Phi) is 7.84. The second-order valence-corrected chi connectivity index (χ2v) is 10.4. The van der Waals surface area contributed by atoms with Gasteiger partial charge in [0.15, 0.2) is 6.29 Å². The van der Waals surface area contributed by atoms with Crippen LogP contribution in [-0.2, 0) is 22.9 Å². The van der Waals surface area contributed by atoms with E-state index in [0.717, 1.165) is 5.56 Å². The third kappa shape index (κ3) is 5.69. The van der Waals surface area contributed by atoms with Crippen molar-refractivity contribution in [1.82, 2.24) is 9.88 Å².